The number of carbonyl (C=O) groups is 1. The highest BCUT2D eigenvalue weighted by atomic mass is 35.5. The van der Waals surface area contributed by atoms with E-state index in [-0.39, 0.29) is 17.1 Å². The molecule has 0 bridgehead atoms. The summed E-state index contributed by atoms with van der Waals surface area (Å²) in [6, 6.07) is 12.4. The van der Waals surface area contributed by atoms with Crippen LogP contribution in [0.25, 0.3) is 10.9 Å². The van der Waals surface area contributed by atoms with Gasteiger partial charge in [-0.3, -0.25) is 9.59 Å². The summed E-state index contributed by atoms with van der Waals surface area (Å²) in [5.41, 5.74) is 3.15. The smallest absolute Gasteiger partial charge is 0.234 e. The number of aryl methyl sites for hydroxylation is 1. The van der Waals surface area contributed by atoms with Crippen molar-refractivity contribution in [2.45, 2.75) is 12.7 Å². The fourth-order valence-electron chi connectivity index (χ4n) is 2.71. The summed E-state index contributed by atoms with van der Waals surface area (Å²) in [7, 11) is 1.53. The predicted octanol–water partition coefficient (Wildman–Crippen LogP) is 4.37. The van der Waals surface area contributed by atoms with E-state index in [4.69, 9.17) is 16.3 Å². The van der Waals surface area contributed by atoms with Crippen LogP contribution in [-0.2, 0) is 10.5 Å². The van der Waals surface area contributed by atoms with Crippen molar-refractivity contribution in [2.24, 2.45) is 0 Å². The SMILES string of the molecule is COc1ccc(Cl)cc1NC(=O)CSCc1cc(=O)c2cc(C)ccc2[nH]1. The molecule has 1 heterocycles. The molecule has 0 aliphatic carbocycles. The van der Waals surface area contributed by atoms with Gasteiger partial charge < -0.3 is 15.0 Å². The number of aromatic amines is 1. The third-order valence-electron chi connectivity index (χ3n) is 3.97. The largest absolute Gasteiger partial charge is 0.495 e. The summed E-state index contributed by atoms with van der Waals surface area (Å²) in [6.07, 6.45) is 0. The van der Waals surface area contributed by atoms with Gasteiger partial charge in [-0.1, -0.05) is 23.2 Å². The number of amides is 1. The zero-order valence-corrected chi connectivity index (χ0v) is 16.5. The maximum atomic E-state index is 12.3. The first-order valence-electron chi connectivity index (χ1n) is 8.30. The van der Waals surface area contributed by atoms with Gasteiger partial charge in [-0.2, -0.15) is 0 Å². The number of hydrogen-bond donors (Lipinski definition) is 2. The molecule has 3 aromatic rings. The number of nitrogens with one attached hydrogen (secondary N) is 2. The van der Waals surface area contributed by atoms with Crippen LogP contribution in [-0.4, -0.2) is 23.8 Å². The third kappa shape index (κ3) is 4.84. The van der Waals surface area contributed by atoms with E-state index in [9.17, 15) is 9.59 Å². The van der Waals surface area contributed by atoms with Crippen LogP contribution in [0, 0.1) is 6.92 Å². The number of methoxy groups -OCH3 is 1. The van der Waals surface area contributed by atoms with Gasteiger partial charge in [0.25, 0.3) is 0 Å². The molecule has 27 heavy (non-hydrogen) atoms. The zero-order chi connectivity index (χ0) is 19.4. The Balaban J connectivity index is 1.62. The van der Waals surface area contributed by atoms with Gasteiger partial charge in [0.2, 0.25) is 5.91 Å². The number of pyridine rings is 1. The summed E-state index contributed by atoms with van der Waals surface area (Å²) in [5, 5.41) is 3.99. The summed E-state index contributed by atoms with van der Waals surface area (Å²) in [4.78, 5) is 27.7. The number of H-pyrrole nitrogens is 1. The molecule has 2 aromatic carbocycles. The topological polar surface area (TPSA) is 71.2 Å². The Hall–Kier alpha value is -2.44. The lowest BCUT2D eigenvalue weighted by Gasteiger charge is -2.10. The first-order chi connectivity index (χ1) is 13.0. The minimum atomic E-state index is -0.167. The fraction of sp³-hybridized carbons (Fsp3) is 0.200. The molecule has 0 aliphatic heterocycles. The Kier molecular flexibility index (Phi) is 6.08. The standard InChI is InChI=1S/C20H19ClN2O3S/c1-12-3-5-16-15(7-12)18(24)9-14(22-16)10-27-11-20(25)23-17-8-13(21)4-6-19(17)26-2/h3-9H,10-11H2,1-2H3,(H,22,24)(H,23,25). The van der Waals surface area contributed by atoms with Crippen molar-refractivity contribution < 1.29 is 9.53 Å². The van der Waals surface area contributed by atoms with E-state index in [0.29, 0.717) is 27.6 Å². The summed E-state index contributed by atoms with van der Waals surface area (Å²) >= 11 is 7.38. The van der Waals surface area contributed by atoms with Crippen LogP contribution in [0.5, 0.6) is 5.75 Å². The van der Waals surface area contributed by atoms with Gasteiger partial charge in [0.15, 0.2) is 5.43 Å². The fourth-order valence-corrected chi connectivity index (χ4v) is 3.62. The van der Waals surface area contributed by atoms with Gasteiger partial charge in [0.05, 0.1) is 18.6 Å². The zero-order valence-electron chi connectivity index (χ0n) is 15.0. The third-order valence-corrected chi connectivity index (χ3v) is 5.18. The summed E-state index contributed by atoms with van der Waals surface area (Å²) in [5.74, 6) is 1.15. The first kappa shape index (κ1) is 19.3. The molecule has 1 aromatic heterocycles. The molecule has 0 saturated heterocycles. The molecule has 5 nitrogen and oxygen atoms in total. The average Bonchev–Trinajstić information content (AvgIpc) is 2.62. The Labute approximate surface area is 166 Å². The maximum Gasteiger partial charge on any atom is 0.234 e. The quantitative estimate of drug-likeness (QED) is 0.642. The van der Waals surface area contributed by atoms with Crippen molar-refractivity contribution >= 4 is 45.9 Å². The van der Waals surface area contributed by atoms with Gasteiger partial charge in [-0.25, -0.2) is 0 Å². The highest BCUT2D eigenvalue weighted by molar-refractivity contribution is 7.99. The van der Waals surface area contributed by atoms with Crippen LogP contribution in [0.1, 0.15) is 11.3 Å². The number of aromatic nitrogens is 1. The molecule has 7 heteroatoms. The number of benzene rings is 2. The van der Waals surface area contributed by atoms with Crippen LogP contribution in [0.4, 0.5) is 5.69 Å². The second kappa shape index (κ2) is 8.50. The Bertz CT molecular complexity index is 1050. The van der Waals surface area contributed by atoms with E-state index in [2.05, 4.69) is 10.3 Å². The molecule has 2 N–H and O–H groups in total. The number of anilines is 1. The number of carbonyl (C=O) groups excluding carboxylic acids is 1. The average molecular weight is 403 g/mol. The number of ether oxygens (including phenoxy) is 1. The molecule has 0 fully saturated rings. The van der Waals surface area contributed by atoms with E-state index in [1.165, 1.54) is 18.9 Å². The monoisotopic (exact) mass is 402 g/mol. The maximum absolute atomic E-state index is 12.3. The van der Waals surface area contributed by atoms with Gasteiger partial charge in [-0.05, 0) is 37.3 Å². The lowest BCUT2D eigenvalue weighted by Crippen LogP contribution is -2.15. The normalized spacial score (nSPS) is 10.8. The van der Waals surface area contributed by atoms with Crippen molar-refractivity contribution in [2.75, 3.05) is 18.2 Å². The Morgan fingerprint density at radius 2 is 2.04 bits per heavy atom. The number of hydrogen-bond acceptors (Lipinski definition) is 4. The molecule has 3 rings (SSSR count). The molecule has 0 radical (unpaired) electrons. The second-order valence-electron chi connectivity index (χ2n) is 6.09. The second-order valence-corrected chi connectivity index (χ2v) is 7.52. The first-order valence-corrected chi connectivity index (χ1v) is 9.83. The van der Waals surface area contributed by atoms with Crippen LogP contribution in [0.3, 0.4) is 0 Å². The Morgan fingerprint density at radius 1 is 1.22 bits per heavy atom. The van der Waals surface area contributed by atoms with E-state index < -0.39 is 0 Å². The van der Waals surface area contributed by atoms with Crippen molar-refractivity contribution in [3.05, 3.63) is 69.0 Å². The number of fused-ring (bicyclic) bond motifs is 1. The van der Waals surface area contributed by atoms with Crippen LogP contribution < -0.4 is 15.5 Å². The lowest BCUT2D eigenvalue weighted by atomic mass is 10.1. The Morgan fingerprint density at radius 3 is 2.81 bits per heavy atom. The minimum absolute atomic E-state index is 0.0174. The van der Waals surface area contributed by atoms with E-state index >= 15 is 0 Å². The summed E-state index contributed by atoms with van der Waals surface area (Å²) in [6.45, 7) is 1.95. The van der Waals surface area contributed by atoms with Crippen LogP contribution in [0.2, 0.25) is 5.02 Å². The molecule has 0 atom stereocenters. The molecule has 140 valence electrons. The van der Waals surface area contributed by atoms with Crippen LogP contribution in [0.15, 0.2) is 47.3 Å². The molecular weight excluding hydrogens is 384 g/mol. The number of halogens is 1. The van der Waals surface area contributed by atoms with E-state index in [0.717, 1.165) is 16.8 Å². The van der Waals surface area contributed by atoms with Crippen molar-refractivity contribution in [1.29, 1.82) is 0 Å². The minimum Gasteiger partial charge on any atom is -0.495 e. The number of rotatable bonds is 6. The van der Waals surface area contributed by atoms with Gasteiger partial charge in [0.1, 0.15) is 5.75 Å². The van der Waals surface area contributed by atoms with E-state index in [1.807, 2.05) is 25.1 Å². The number of thioether (sulfide) groups is 1. The highest BCUT2D eigenvalue weighted by Gasteiger charge is 2.09. The molecule has 0 unspecified atom stereocenters. The molecule has 0 saturated carbocycles. The van der Waals surface area contributed by atoms with Crippen molar-refractivity contribution in [3.8, 4) is 5.75 Å². The van der Waals surface area contributed by atoms with E-state index in [1.54, 1.807) is 24.3 Å². The molecule has 0 spiro atoms. The van der Waals surface area contributed by atoms with Crippen molar-refractivity contribution in [3.63, 3.8) is 0 Å². The molecular formula is C20H19ClN2O3S. The summed E-state index contributed by atoms with van der Waals surface area (Å²) < 4.78 is 5.22. The van der Waals surface area contributed by atoms with Gasteiger partial charge >= 0.3 is 0 Å². The molecule has 1 amide bonds. The van der Waals surface area contributed by atoms with Crippen LogP contribution >= 0.6 is 23.4 Å². The molecule has 0 aliphatic rings. The van der Waals surface area contributed by atoms with Gasteiger partial charge in [-0.15, -0.1) is 11.8 Å². The predicted molar refractivity (Wildman–Crippen MR) is 112 cm³/mol. The highest BCUT2D eigenvalue weighted by Crippen LogP contribution is 2.27. The van der Waals surface area contributed by atoms with Gasteiger partial charge in [0, 0.05) is 33.4 Å². The van der Waals surface area contributed by atoms with Crippen molar-refractivity contribution in [1.82, 2.24) is 4.98 Å². The lowest BCUT2D eigenvalue weighted by molar-refractivity contribution is -0.113.